The molecule has 0 bridgehead atoms. The molecule has 0 aliphatic heterocycles. The third-order valence-corrected chi connectivity index (χ3v) is 1.55. The summed E-state index contributed by atoms with van der Waals surface area (Å²) in [6.07, 6.45) is 1.62. The van der Waals surface area contributed by atoms with Gasteiger partial charge in [0, 0.05) is 6.54 Å². The van der Waals surface area contributed by atoms with Crippen LogP contribution >= 0.6 is 0 Å². The molecule has 56 valence electrons. The second-order valence-electron chi connectivity index (χ2n) is 2.28. The van der Waals surface area contributed by atoms with Gasteiger partial charge in [-0.25, -0.2) is 9.97 Å². The van der Waals surface area contributed by atoms with Crippen molar-refractivity contribution in [3.63, 3.8) is 0 Å². The van der Waals surface area contributed by atoms with Gasteiger partial charge in [-0.15, -0.1) is 0 Å². The first-order chi connectivity index (χ1) is 5.40. The van der Waals surface area contributed by atoms with Gasteiger partial charge in [0.2, 0.25) is 0 Å². The van der Waals surface area contributed by atoms with E-state index >= 15 is 0 Å². The molecule has 0 aliphatic rings. The summed E-state index contributed by atoms with van der Waals surface area (Å²) in [6, 6.07) is 3.82. The maximum atomic E-state index is 5.41. The van der Waals surface area contributed by atoms with Crippen molar-refractivity contribution in [2.24, 2.45) is 5.73 Å². The number of rotatable bonds is 1. The van der Waals surface area contributed by atoms with E-state index < -0.39 is 0 Å². The first-order valence-electron chi connectivity index (χ1n) is 3.39. The molecule has 0 fully saturated rings. The van der Waals surface area contributed by atoms with Crippen LogP contribution in [0, 0.1) is 0 Å². The summed E-state index contributed by atoms with van der Waals surface area (Å²) in [4.78, 5) is 11.1. The van der Waals surface area contributed by atoms with Crippen molar-refractivity contribution in [1.82, 2.24) is 15.0 Å². The average molecular weight is 148 g/mol. The maximum Gasteiger partial charge on any atom is 0.177 e. The van der Waals surface area contributed by atoms with Gasteiger partial charge in [-0.2, -0.15) is 0 Å². The van der Waals surface area contributed by atoms with Crippen LogP contribution in [0.2, 0.25) is 0 Å². The minimum atomic E-state index is 0.461. The number of hydrogen-bond acceptors (Lipinski definition) is 3. The Kier molecular flexibility index (Phi) is 1.33. The van der Waals surface area contributed by atoms with E-state index in [-0.39, 0.29) is 0 Å². The van der Waals surface area contributed by atoms with E-state index in [0.717, 1.165) is 16.9 Å². The maximum absolute atomic E-state index is 5.41. The molecule has 4 heteroatoms. The number of aromatic nitrogens is 3. The van der Waals surface area contributed by atoms with Crippen molar-refractivity contribution in [1.29, 1.82) is 0 Å². The normalized spacial score (nSPS) is 10.6. The van der Waals surface area contributed by atoms with Gasteiger partial charge >= 0.3 is 0 Å². The molecule has 0 aliphatic carbocycles. The molecule has 2 aromatic rings. The molecule has 0 aromatic carbocycles. The van der Waals surface area contributed by atoms with E-state index in [4.69, 9.17) is 5.73 Å². The van der Waals surface area contributed by atoms with Crippen molar-refractivity contribution < 1.29 is 0 Å². The minimum Gasteiger partial charge on any atom is -0.343 e. The Morgan fingerprint density at radius 2 is 2.36 bits per heavy atom. The Hall–Kier alpha value is -1.42. The molecule has 3 N–H and O–H groups in total. The van der Waals surface area contributed by atoms with Gasteiger partial charge in [0.25, 0.3) is 0 Å². The average Bonchev–Trinajstić information content (AvgIpc) is 2.50. The zero-order chi connectivity index (χ0) is 7.68. The Balaban J connectivity index is 2.67. The molecular formula is C7H8N4. The van der Waals surface area contributed by atoms with Gasteiger partial charge in [-0.3, -0.25) is 0 Å². The van der Waals surface area contributed by atoms with Gasteiger partial charge in [0.1, 0.15) is 0 Å². The summed E-state index contributed by atoms with van der Waals surface area (Å²) in [7, 11) is 0. The molecule has 0 saturated carbocycles. The number of fused-ring (bicyclic) bond motifs is 1. The predicted molar refractivity (Wildman–Crippen MR) is 41.8 cm³/mol. The summed E-state index contributed by atoms with van der Waals surface area (Å²) in [5.41, 5.74) is 7.95. The second-order valence-corrected chi connectivity index (χ2v) is 2.28. The predicted octanol–water partition coefficient (Wildman–Crippen LogP) is 0.417. The number of hydrogen-bond donors (Lipinski definition) is 2. The molecule has 0 amide bonds. The Labute approximate surface area is 63.5 Å². The smallest absolute Gasteiger partial charge is 0.177 e. The van der Waals surface area contributed by atoms with E-state index in [1.807, 2.05) is 12.1 Å². The minimum absolute atomic E-state index is 0.461. The van der Waals surface area contributed by atoms with Crippen LogP contribution in [0.15, 0.2) is 18.5 Å². The highest BCUT2D eigenvalue weighted by atomic mass is 15.0. The third kappa shape index (κ3) is 0.969. The van der Waals surface area contributed by atoms with E-state index in [2.05, 4.69) is 15.0 Å². The molecule has 2 heterocycles. The molecule has 11 heavy (non-hydrogen) atoms. The highest BCUT2D eigenvalue weighted by Crippen LogP contribution is 2.05. The summed E-state index contributed by atoms with van der Waals surface area (Å²) >= 11 is 0. The largest absolute Gasteiger partial charge is 0.343 e. The van der Waals surface area contributed by atoms with Crippen LogP contribution in [0.4, 0.5) is 0 Å². The van der Waals surface area contributed by atoms with Gasteiger partial charge in [-0.05, 0) is 12.1 Å². The molecule has 0 spiro atoms. The second kappa shape index (κ2) is 2.32. The third-order valence-electron chi connectivity index (χ3n) is 1.55. The quantitative estimate of drug-likeness (QED) is 0.615. The van der Waals surface area contributed by atoms with Crippen LogP contribution in [0.3, 0.4) is 0 Å². The van der Waals surface area contributed by atoms with Gasteiger partial charge in [-0.1, -0.05) is 0 Å². The molecule has 0 saturated heterocycles. The number of nitrogens with two attached hydrogens (primary N) is 1. The Morgan fingerprint density at radius 1 is 1.45 bits per heavy atom. The Morgan fingerprint density at radius 3 is 3.18 bits per heavy atom. The monoisotopic (exact) mass is 148 g/mol. The first kappa shape index (κ1) is 6.30. The van der Waals surface area contributed by atoms with Crippen LogP contribution in [0.25, 0.3) is 11.2 Å². The highest BCUT2D eigenvalue weighted by molar-refractivity contribution is 5.69. The summed E-state index contributed by atoms with van der Waals surface area (Å²) < 4.78 is 0. The molecule has 2 aromatic heterocycles. The summed E-state index contributed by atoms with van der Waals surface area (Å²) in [5.74, 6) is 0. The lowest BCUT2D eigenvalue weighted by Gasteiger charge is -1.92. The Bertz CT molecular complexity index is 365. The summed E-state index contributed by atoms with van der Waals surface area (Å²) in [6.45, 7) is 0.461. The van der Waals surface area contributed by atoms with Crippen molar-refractivity contribution in [3.8, 4) is 0 Å². The van der Waals surface area contributed by atoms with Gasteiger partial charge in [0.05, 0.1) is 17.5 Å². The molecule has 0 atom stereocenters. The van der Waals surface area contributed by atoms with Crippen molar-refractivity contribution in [3.05, 3.63) is 24.2 Å². The lowest BCUT2D eigenvalue weighted by Crippen LogP contribution is -1.98. The number of aromatic amines is 1. The van der Waals surface area contributed by atoms with Crippen molar-refractivity contribution in [2.75, 3.05) is 0 Å². The van der Waals surface area contributed by atoms with E-state index in [0.29, 0.717) is 6.54 Å². The van der Waals surface area contributed by atoms with E-state index in [1.165, 1.54) is 0 Å². The fraction of sp³-hybridized carbons (Fsp3) is 0.143. The fourth-order valence-corrected chi connectivity index (χ4v) is 0.975. The van der Waals surface area contributed by atoms with Crippen LogP contribution in [-0.2, 0) is 6.54 Å². The van der Waals surface area contributed by atoms with Crippen molar-refractivity contribution >= 4 is 11.2 Å². The highest BCUT2D eigenvalue weighted by Gasteiger charge is 1.96. The lowest BCUT2D eigenvalue weighted by atomic mass is 10.3. The van der Waals surface area contributed by atoms with E-state index in [1.54, 1.807) is 6.33 Å². The zero-order valence-corrected chi connectivity index (χ0v) is 5.91. The first-order valence-corrected chi connectivity index (χ1v) is 3.39. The number of nitrogens with zero attached hydrogens (tertiary/aromatic N) is 2. The zero-order valence-electron chi connectivity index (χ0n) is 5.91. The van der Waals surface area contributed by atoms with Crippen molar-refractivity contribution in [2.45, 2.75) is 6.54 Å². The lowest BCUT2D eigenvalue weighted by molar-refractivity contribution is 1.00. The SMILES string of the molecule is NCc1ccc2[nH]cnc2n1. The number of pyridine rings is 1. The van der Waals surface area contributed by atoms with Crippen LogP contribution in [0.5, 0.6) is 0 Å². The molecule has 0 unspecified atom stereocenters. The molecule has 4 nitrogen and oxygen atoms in total. The molecule has 0 radical (unpaired) electrons. The number of nitrogens with one attached hydrogen (secondary N) is 1. The van der Waals surface area contributed by atoms with Crippen LogP contribution in [-0.4, -0.2) is 15.0 Å². The van der Waals surface area contributed by atoms with Gasteiger partial charge in [0.15, 0.2) is 5.65 Å². The standard InChI is InChI=1S/C7H8N4/c8-3-5-1-2-6-7(11-5)10-4-9-6/h1-2,4H,3,8H2,(H,9,10,11). The molecular weight excluding hydrogens is 140 g/mol. The van der Waals surface area contributed by atoms with Gasteiger partial charge < -0.3 is 10.7 Å². The number of imidazole rings is 1. The van der Waals surface area contributed by atoms with Crippen LogP contribution in [0.1, 0.15) is 5.69 Å². The van der Waals surface area contributed by atoms with Crippen LogP contribution < -0.4 is 5.73 Å². The molecule has 2 rings (SSSR count). The number of H-pyrrole nitrogens is 1. The van der Waals surface area contributed by atoms with E-state index in [9.17, 15) is 0 Å². The fourth-order valence-electron chi connectivity index (χ4n) is 0.975. The summed E-state index contributed by atoms with van der Waals surface area (Å²) in [5, 5.41) is 0. The topological polar surface area (TPSA) is 67.6 Å².